The molecule has 0 fully saturated rings. The number of rotatable bonds is 3. The van der Waals surface area contributed by atoms with Crippen molar-refractivity contribution in [2.45, 2.75) is 25.3 Å². The van der Waals surface area contributed by atoms with Crippen LogP contribution in [-0.2, 0) is 10.2 Å². The number of aromatic nitrogens is 1. The molecule has 0 aromatic carbocycles. The maximum atomic E-state index is 10.9. The summed E-state index contributed by atoms with van der Waals surface area (Å²) in [5.74, 6) is -1.03. The van der Waals surface area contributed by atoms with Gasteiger partial charge in [-0.05, 0) is 28.1 Å². The van der Waals surface area contributed by atoms with Gasteiger partial charge >= 0.3 is 5.97 Å². The number of halogens is 1. The third-order valence-electron chi connectivity index (χ3n) is 2.41. The number of aliphatic carboxylic acids is 1. The SMILES string of the molecule is CC(C)(c1ncccc1Br)C(N)C(=O)O. The van der Waals surface area contributed by atoms with Gasteiger partial charge in [-0.1, -0.05) is 13.8 Å². The smallest absolute Gasteiger partial charge is 0.321 e. The Bertz CT molecular complexity index is 379. The van der Waals surface area contributed by atoms with Crippen LogP contribution >= 0.6 is 15.9 Å². The highest BCUT2D eigenvalue weighted by molar-refractivity contribution is 9.10. The molecule has 0 bridgehead atoms. The molecule has 0 spiro atoms. The highest BCUT2D eigenvalue weighted by Crippen LogP contribution is 2.30. The predicted molar refractivity (Wildman–Crippen MR) is 60.6 cm³/mol. The number of nitrogens with two attached hydrogens (primary N) is 1. The first-order valence-corrected chi connectivity index (χ1v) is 5.26. The molecule has 82 valence electrons. The summed E-state index contributed by atoms with van der Waals surface area (Å²) in [6, 6.07) is 2.61. The number of carboxylic acid groups (broad SMARTS) is 1. The van der Waals surface area contributed by atoms with Crippen LogP contribution in [0.2, 0.25) is 0 Å². The topological polar surface area (TPSA) is 76.2 Å². The van der Waals surface area contributed by atoms with Crippen LogP contribution in [0.1, 0.15) is 19.5 Å². The molecule has 0 aliphatic carbocycles. The van der Waals surface area contributed by atoms with Gasteiger partial charge in [0.1, 0.15) is 6.04 Å². The lowest BCUT2D eigenvalue weighted by molar-refractivity contribution is -0.140. The molecule has 0 amide bonds. The summed E-state index contributed by atoms with van der Waals surface area (Å²) < 4.78 is 0.770. The van der Waals surface area contributed by atoms with Crippen LogP contribution in [0.4, 0.5) is 0 Å². The van der Waals surface area contributed by atoms with Crippen molar-refractivity contribution in [3.8, 4) is 0 Å². The maximum Gasteiger partial charge on any atom is 0.321 e. The minimum absolute atomic E-state index is 0.653. The van der Waals surface area contributed by atoms with Gasteiger partial charge in [-0.25, -0.2) is 0 Å². The van der Waals surface area contributed by atoms with E-state index in [0.717, 1.165) is 4.47 Å². The third-order valence-corrected chi connectivity index (χ3v) is 3.05. The number of nitrogens with zero attached hydrogens (tertiary/aromatic N) is 1. The van der Waals surface area contributed by atoms with Crippen LogP contribution in [0.25, 0.3) is 0 Å². The number of hydrogen-bond acceptors (Lipinski definition) is 3. The Hall–Kier alpha value is -0.940. The number of carbonyl (C=O) groups is 1. The fourth-order valence-electron chi connectivity index (χ4n) is 1.32. The number of hydrogen-bond donors (Lipinski definition) is 2. The summed E-state index contributed by atoms with van der Waals surface area (Å²) in [6.07, 6.45) is 1.62. The maximum absolute atomic E-state index is 10.9. The Labute approximate surface area is 96.6 Å². The van der Waals surface area contributed by atoms with E-state index in [9.17, 15) is 4.79 Å². The molecule has 1 aromatic rings. The normalized spacial score (nSPS) is 13.6. The molecule has 0 radical (unpaired) electrons. The van der Waals surface area contributed by atoms with E-state index in [2.05, 4.69) is 20.9 Å². The second kappa shape index (κ2) is 4.28. The van der Waals surface area contributed by atoms with Crippen molar-refractivity contribution >= 4 is 21.9 Å². The molecule has 3 N–H and O–H groups in total. The molecule has 1 heterocycles. The fourth-order valence-corrected chi connectivity index (χ4v) is 2.08. The average Bonchev–Trinajstić information content (AvgIpc) is 2.16. The highest BCUT2D eigenvalue weighted by atomic mass is 79.9. The van der Waals surface area contributed by atoms with Gasteiger partial charge in [0.25, 0.3) is 0 Å². The molecule has 5 heteroatoms. The molecule has 1 rings (SSSR count). The Balaban J connectivity index is 3.16. The van der Waals surface area contributed by atoms with Crippen LogP contribution in [-0.4, -0.2) is 22.1 Å². The number of carboxylic acids is 1. The summed E-state index contributed by atoms with van der Waals surface area (Å²) in [7, 11) is 0. The standard InChI is InChI=1S/C10H13BrN2O2/c1-10(2,7(12)9(14)15)8-6(11)4-3-5-13-8/h3-5,7H,12H2,1-2H3,(H,14,15). The van der Waals surface area contributed by atoms with Gasteiger partial charge < -0.3 is 10.8 Å². The summed E-state index contributed by atoms with van der Waals surface area (Å²) in [6.45, 7) is 3.53. The minimum Gasteiger partial charge on any atom is -0.480 e. The van der Waals surface area contributed by atoms with E-state index in [1.165, 1.54) is 0 Å². The van der Waals surface area contributed by atoms with Gasteiger partial charge in [-0.3, -0.25) is 9.78 Å². The summed E-state index contributed by atoms with van der Waals surface area (Å²) in [5.41, 5.74) is 5.57. The summed E-state index contributed by atoms with van der Waals surface area (Å²) in [4.78, 5) is 15.0. The van der Waals surface area contributed by atoms with Crippen LogP contribution in [0.15, 0.2) is 22.8 Å². The molecule has 1 unspecified atom stereocenters. The Morgan fingerprint density at radius 3 is 2.73 bits per heavy atom. The van der Waals surface area contributed by atoms with E-state index in [1.54, 1.807) is 26.1 Å². The van der Waals surface area contributed by atoms with E-state index < -0.39 is 17.4 Å². The fraction of sp³-hybridized carbons (Fsp3) is 0.400. The Morgan fingerprint density at radius 1 is 1.67 bits per heavy atom. The average molecular weight is 273 g/mol. The zero-order valence-corrected chi connectivity index (χ0v) is 10.2. The third kappa shape index (κ3) is 2.35. The van der Waals surface area contributed by atoms with Crippen LogP contribution in [0, 0.1) is 0 Å². The van der Waals surface area contributed by atoms with E-state index in [1.807, 2.05) is 6.07 Å². The predicted octanol–water partition coefficient (Wildman–Crippen LogP) is 1.53. The Kier molecular flexibility index (Phi) is 3.46. The van der Waals surface area contributed by atoms with Crippen molar-refractivity contribution in [1.82, 2.24) is 4.98 Å². The molecule has 1 atom stereocenters. The van der Waals surface area contributed by atoms with Crippen molar-refractivity contribution < 1.29 is 9.90 Å². The van der Waals surface area contributed by atoms with Crippen molar-refractivity contribution in [2.24, 2.45) is 5.73 Å². The second-order valence-electron chi connectivity index (χ2n) is 3.87. The van der Waals surface area contributed by atoms with Gasteiger partial charge in [-0.15, -0.1) is 0 Å². The van der Waals surface area contributed by atoms with Gasteiger partial charge in [0, 0.05) is 16.1 Å². The molecule has 0 saturated heterocycles. The van der Waals surface area contributed by atoms with E-state index in [4.69, 9.17) is 10.8 Å². The van der Waals surface area contributed by atoms with E-state index >= 15 is 0 Å². The van der Waals surface area contributed by atoms with E-state index in [0.29, 0.717) is 5.69 Å². The van der Waals surface area contributed by atoms with Gasteiger partial charge in [0.15, 0.2) is 0 Å². The second-order valence-corrected chi connectivity index (χ2v) is 4.73. The van der Waals surface area contributed by atoms with Crippen molar-refractivity contribution in [3.05, 3.63) is 28.5 Å². The molecule has 0 saturated carbocycles. The first kappa shape index (κ1) is 12.1. The van der Waals surface area contributed by atoms with Crippen molar-refractivity contribution in [2.75, 3.05) is 0 Å². The molecule has 4 nitrogen and oxygen atoms in total. The molecular formula is C10H13BrN2O2. The van der Waals surface area contributed by atoms with Crippen molar-refractivity contribution in [3.63, 3.8) is 0 Å². The molecule has 1 aromatic heterocycles. The zero-order valence-electron chi connectivity index (χ0n) is 8.57. The molecule has 15 heavy (non-hydrogen) atoms. The monoisotopic (exact) mass is 272 g/mol. The minimum atomic E-state index is -1.03. The number of pyridine rings is 1. The lowest BCUT2D eigenvalue weighted by atomic mass is 9.81. The van der Waals surface area contributed by atoms with Crippen LogP contribution in [0.5, 0.6) is 0 Å². The summed E-state index contributed by atoms with van der Waals surface area (Å²) >= 11 is 3.34. The van der Waals surface area contributed by atoms with Crippen LogP contribution in [0.3, 0.4) is 0 Å². The largest absolute Gasteiger partial charge is 0.480 e. The lowest BCUT2D eigenvalue weighted by Gasteiger charge is -2.28. The Morgan fingerprint density at radius 2 is 2.27 bits per heavy atom. The highest BCUT2D eigenvalue weighted by Gasteiger charge is 2.36. The van der Waals surface area contributed by atoms with Crippen molar-refractivity contribution in [1.29, 1.82) is 0 Å². The lowest BCUT2D eigenvalue weighted by Crippen LogP contribution is -2.47. The van der Waals surface area contributed by atoms with Crippen LogP contribution < -0.4 is 5.73 Å². The molecular weight excluding hydrogens is 260 g/mol. The quantitative estimate of drug-likeness (QED) is 0.875. The first-order valence-electron chi connectivity index (χ1n) is 4.46. The van der Waals surface area contributed by atoms with E-state index in [-0.39, 0.29) is 0 Å². The summed E-state index contributed by atoms with van der Waals surface area (Å²) in [5, 5.41) is 8.90. The molecule has 0 aliphatic rings. The zero-order chi connectivity index (χ0) is 11.6. The first-order chi connectivity index (χ1) is 6.87. The van der Waals surface area contributed by atoms with Gasteiger partial charge in [0.2, 0.25) is 0 Å². The van der Waals surface area contributed by atoms with Gasteiger partial charge in [-0.2, -0.15) is 0 Å². The van der Waals surface area contributed by atoms with Gasteiger partial charge in [0.05, 0.1) is 5.69 Å². The molecule has 0 aliphatic heterocycles.